The van der Waals surface area contributed by atoms with Gasteiger partial charge >= 0.3 is 0 Å². The molecule has 0 atom stereocenters. The summed E-state index contributed by atoms with van der Waals surface area (Å²) in [4.78, 5) is 0. The van der Waals surface area contributed by atoms with Gasteiger partial charge in [-0.25, -0.2) is 0 Å². The summed E-state index contributed by atoms with van der Waals surface area (Å²) in [6, 6.07) is 5.45. The van der Waals surface area contributed by atoms with Gasteiger partial charge in [0.2, 0.25) is 0 Å². The van der Waals surface area contributed by atoms with E-state index in [9.17, 15) is 5.11 Å². The number of nitrogens with one attached hydrogen (secondary N) is 1. The van der Waals surface area contributed by atoms with Crippen molar-refractivity contribution in [1.82, 2.24) is 5.32 Å². The Morgan fingerprint density at radius 3 is 2.88 bits per heavy atom. The molecule has 0 aromatic heterocycles. The van der Waals surface area contributed by atoms with Gasteiger partial charge in [-0.15, -0.1) is 0 Å². The van der Waals surface area contributed by atoms with Gasteiger partial charge in [-0.05, 0) is 37.5 Å². The van der Waals surface area contributed by atoms with Gasteiger partial charge < -0.3 is 10.4 Å². The second kappa shape index (κ2) is 8.67. The maximum absolute atomic E-state index is 9.70. The summed E-state index contributed by atoms with van der Waals surface area (Å²) >= 11 is 7.73. The van der Waals surface area contributed by atoms with Crippen molar-refractivity contribution in [1.29, 1.82) is 0 Å². The molecule has 96 valence electrons. The highest BCUT2D eigenvalue weighted by molar-refractivity contribution is 7.98. The van der Waals surface area contributed by atoms with Gasteiger partial charge in [0.1, 0.15) is 5.75 Å². The SMILES string of the molecule is CSCCCCCNCc1cccc(Cl)c1O. The molecule has 1 rings (SSSR count). The Hall–Kier alpha value is -0.380. The minimum atomic E-state index is 0.198. The molecule has 0 aliphatic heterocycles. The normalized spacial score (nSPS) is 10.7. The van der Waals surface area contributed by atoms with Crippen molar-refractivity contribution in [2.45, 2.75) is 25.8 Å². The van der Waals surface area contributed by atoms with E-state index in [0.29, 0.717) is 11.6 Å². The van der Waals surface area contributed by atoms with Crippen LogP contribution in [0.3, 0.4) is 0 Å². The number of hydrogen-bond acceptors (Lipinski definition) is 3. The van der Waals surface area contributed by atoms with Gasteiger partial charge in [-0.1, -0.05) is 30.2 Å². The molecule has 2 nitrogen and oxygen atoms in total. The van der Waals surface area contributed by atoms with E-state index in [1.807, 2.05) is 23.9 Å². The van der Waals surface area contributed by atoms with Gasteiger partial charge in [-0.2, -0.15) is 11.8 Å². The van der Waals surface area contributed by atoms with E-state index < -0.39 is 0 Å². The second-order valence-corrected chi connectivity index (χ2v) is 5.37. The van der Waals surface area contributed by atoms with E-state index in [4.69, 9.17) is 11.6 Å². The Bertz CT molecular complexity index is 333. The molecular weight excluding hydrogens is 254 g/mol. The summed E-state index contributed by atoms with van der Waals surface area (Å²) in [6.45, 7) is 1.66. The molecule has 0 saturated heterocycles. The maximum atomic E-state index is 9.70. The van der Waals surface area contributed by atoms with E-state index in [-0.39, 0.29) is 5.75 Å². The molecule has 0 saturated carbocycles. The lowest BCUT2D eigenvalue weighted by Gasteiger charge is -2.07. The van der Waals surface area contributed by atoms with Crippen LogP contribution in [-0.2, 0) is 6.54 Å². The van der Waals surface area contributed by atoms with Crippen LogP contribution in [0.1, 0.15) is 24.8 Å². The Balaban J connectivity index is 2.16. The van der Waals surface area contributed by atoms with Crippen molar-refractivity contribution in [3.05, 3.63) is 28.8 Å². The van der Waals surface area contributed by atoms with E-state index >= 15 is 0 Å². The molecule has 0 fully saturated rings. The van der Waals surface area contributed by atoms with Gasteiger partial charge in [0.25, 0.3) is 0 Å². The van der Waals surface area contributed by atoms with Gasteiger partial charge in [-0.3, -0.25) is 0 Å². The molecule has 1 aromatic carbocycles. The third kappa shape index (κ3) is 5.66. The maximum Gasteiger partial charge on any atom is 0.138 e. The van der Waals surface area contributed by atoms with Crippen molar-refractivity contribution in [2.24, 2.45) is 0 Å². The summed E-state index contributed by atoms with van der Waals surface area (Å²) in [5.74, 6) is 1.44. The molecule has 0 bridgehead atoms. The molecule has 1 aromatic rings. The molecule has 2 N–H and O–H groups in total. The number of rotatable bonds is 8. The van der Waals surface area contributed by atoms with E-state index in [2.05, 4.69) is 11.6 Å². The van der Waals surface area contributed by atoms with Crippen molar-refractivity contribution < 1.29 is 5.11 Å². The zero-order valence-electron chi connectivity index (χ0n) is 10.2. The number of thioether (sulfide) groups is 1. The zero-order chi connectivity index (χ0) is 12.5. The van der Waals surface area contributed by atoms with Crippen LogP contribution in [0.25, 0.3) is 0 Å². The van der Waals surface area contributed by atoms with E-state index in [0.717, 1.165) is 12.1 Å². The third-order valence-corrected chi connectivity index (χ3v) is 3.59. The van der Waals surface area contributed by atoms with Crippen LogP contribution in [-0.4, -0.2) is 23.7 Å². The number of para-hydroxylation sites is 1. The van der Waals surface area contributed by atoms with Crippen LogP contribution in [0, 0.1) is 0 Å². The van der Waals surface area contributed by atoms with Crippen LogP contribution in [0.2, 0.25) is 5.02 Å². The first-order chi connectivity index (χ1) is 8.25. The number of hydrogen-bond donors (Lipinski definition) is 2. The van der Waals surface area contributed by atoms with Gasteiger partial charge in [0, 0.05) is 12.1 Å². The quantitative estimate of drug-likeness (QED) is 0.709. The van der Waals surface area contributed by atoms with Crippen LogP contribution in [0.5, 0.6) is 5.75 Å². The molecule has 0 amide bonds. The number of aromatic hydroxyl groups is 1. The Morgan fingerprint density at radius 1 is 1.29 bits per heavy atom. The Labute approximate surface area is 113 Å². The first-order valence-corrected chi connectivity index (χ1v) is 7.69. The average Bonchev–Trinajstić information content (AvgIpc) is 2.33. The summed E-state index contributed by atoms with van der Waals surface area (Å²) in [7, 11) is 0. The first-order valence-electron chi connectivity index (χ1n) is 5.91. The number of phenols is 1. The zero-order valence-corrected chi connectivity index (χ0v) is 11.8. The molecule has 4 heteroatoms. The number of halogens is 1. The van der Waals surface area contributed by atoms with Crippen molar-refractivity contribution in [2.75, 3.05) is 18.6 Å². The van der Waals surface area contributed by atoms with Crippen LogP contribution in [0.15, 0.2) is 18.2 Å². The fourth-order valence-corrected chi connectivity index (χ4v) is 2.29. The van der Waals surface area contributed by atoms with Crippen LogP contribution >= 0.6 is 23.4 Å². The standard InChI is InChI=1S/C13H20ClNOS/c1-17-9-4-2-3-8-15-10-11-6-5-7-12(14)13(11)16/h5-7,15-16H,2-4,8-10H2,1H3. The van der Waals surface area contributed by atoms with Crippen LogP contribution < -0.4 is 5.32 Å². The number of unbranched alkanes of at least 4 members (excludes halogenated alkanes) is 2. The highest BCUT2D eigenvalue weighted by Gasteiger charge is 2.03. The van der Waals surface area contributed by atoms with Gasteiger partial charge in [0.05, 0.1) is 5.02 Å². The monoisotopic (exact) mass is 273 g/mol. The highest BCUT2D eigenvalue weighted by Crippen LogP contribution is 2.26. The lowest BCUT2D eigenvalue weighted by atomic mass is 10.2. The van der Waals surface area contributed by atoms with Crippen LogP contribution in [0.4, 0.5) is 0 Å². The lowest BCUT2D eigenvalue weighted by molar-refractivity contribution is 0.464. The molecule has 0 spiro atoms. The van der Waals surface area contributed by atoms with Gasteiger partial charge in [0.15, 0.2) is 0 Å². The summed E-state index contributed by atoms with van der Waals surface area (Å²) in [5.41, 5.74) is 0.863. The fourth-order valence-electron chi connectivity index (χ4n) is 1.60. The summed E-state index contributed by atoms with van der Waals surface area (Å²) in [6.07, 6.45) is 5.86. The number of phenolic OH excluding ortho intramolecular Hbond substituents is 1. The third-order valence-electron chi connectivity index (χ3n) is 2.59. The first kappa shape index (κ1) is 14.7. The van der Waals surface area contributed by atoms with Crippen molar-refractivity contribution in [3.63, 3.8) is 0 Å². The largest absolute Gasteiger partial charge is 0.506 e. The predicted octanol–water partition coefficient (Wildman–Crippen LogP) is 3.67. The fraction of sp³-hybridized carbons (Fsp3) is 0.538. The molecular formula is C13H20ClNOS. The smallest absolute Gasteiger partial charge is 0.138 e. The molecule has 17 heavy (non-hydrogen) atoms. The average molecular weight is 274 g/mol. The van der Waals surface area contributed by atoms with Crippen molar-refractivity contribution in [3.8, 4) is 5.75 Å². The molecule has 0 unspecified atom stereocenters. The Kier molecular flexibility index (Phi) is 7.49. The predicted molar refractivity (Wildman–Crippen MR) is 77.1 cm³/mol. The minimum Gasteiger partial charge on any atom is -0.506 e. The molecule has 0 aliphatic rings. The molecule has 0 heterocycles. The molecule has 0 radical (unpaired) electrons. The highest BCUT2D eigenvalue weighted by atomic mass is 35.5. The van der Waals surface area contributed by atoms with E-state index in [1.165, 1.54) is 25.0 Å². The molecule has 0 aliphatic carbocycles. The number of benzene rings is 1. The minimum absolute atomic E-state index is 0.198. The summed E-state index contributed by atoms with van der Waals surface area (Å²) < 4.78 is 0. The topological polar surface area (TPSA) is 32.3 Å². The summed E-state index contributed by atoms with van der Waals surface area (Å²) in [5, 5.41) is 13.4. The van der Waals surface area contributed by atoms with Crippen molar-refractivity contribution >= 4 is 23.4 Å². The Morgan fingerprint density at radius 2 is 2.12 bits per heavy atom. The lowest BCUT2D eigenvalue weighted by Crippen LogP contribution is -2.14. The second-order valence-electron chi connectivity index (χ2n) is 3.98. The van der Waals surface area contributed by atoms with E-state index in [1.54, 1.807) is 6.07 Å².